The summed E-state index contributed by atoms with van der Waals surface area (Å²) in [5.74, 6) is -0.589. The van der Waals surface area contributed by atoms with Crippen LogP contribution in [0.1, 0.15) is 22.3 Å². The Labute approximate surface area is 163 Å². The third-order valence-corrected chi connectivity index (χ3v) is 5.24. The third kappa shape index (κ3) is 3.99. The quantitative estimate of drug-likeness (QED) is 0.730. The van der Waals surface area contributed by atoms with Gasteiger partial charge in [-0.15, -0.1) is 0 Å². The van der Waals surface area contributed by atoms with Crippen LogP contribution in [-0.4, -0.2) is 37.0 Å². The molecule has 1 aliphatic rings. The third-order valence-electron chi connectivity index (χ3n) is 5.24. The van der Waals surface area contributed by atoms with Gasteiger partial charge in [-0.2, -0.15) is 0 Å². The molecular weight excluding hydrogens is 355 g/mol. The van der Waals surface area contributed by atoms with Crippen molar-refractivity contribution in [2.75, 3.05) is 20.2 Å². The largest absolute Gasteiger partial charge is 0.494 e. The molecule has 0 bridgehead atoms. The number of halogens is 1. The van der Waals surface area contributed by atoms with Crippen LogP contribution in [-0.2, 0) is 6.54 Å². The van der Waals surface area contributed by atoms with Gasteiger partial charge in [0.25, 0.3) is 5.91 Å². The number of carbonyl (C=O) groups excluding carboxylic acids is 1. The Morgan fingerprint density at radius 3 is 2.79 bits per heavy atom. The normalized spacial score (nSPS) is 17.0. The van der Waals surface area contributed by atoms with Crippen molar-refractivity contribution in [1.82, 2.24) is 10.2 Å². The van der Waals surface area contributed by atoms with E-state index in [-0.39, 0.29) is 17.7 Å². The highest BCUT2D eigenvalue weighted by atomic mass is 19.1. The highest BCUT2D eigenvalue weighted by Crippen LogP contribution is 2.21. The summed E-state index contributed by atoms with van der Waals surface area (Å²) in [6.45, 7) is 2.60. The number of likely N-dealkylation sites (tertiary alicyclic amines) is 1. The van der Waals surface area contributed by atoms with E-state index in [0.29, 0.717) is 5.56 Å². The second-order valence-electron chi connectivity index (χ2n) is 7.23. The molecule has 144 valence electrons. The zero-order valence-corrected chi connectivity index (χ0v) is 15.8. The van der Waals surface area contributed by atoms with Gasteiger partial charge in [0.15, 0.2) is 11.6 Å². The number of carbonyl (C=O) groups is 1. The topological polar surface area (TPSA) is 41.6 Å². The average molecular weight is 378 g/mol. The lowest BCUT2D eigenvalue weighted by atomic mass is 10.1. The number of hydrogen-bond donors (Lipinski definition) is 1. The van der Waals surface area contributed by atoms with Crippen LogP contribution in [0.4, 0.5) is 4.39 Å². The number of ether oxygens (including phenoxy) is 1. The van der Waals surface area contributed by atoms with E-state index in [1.165, 1.54) is 41.6 Å². The second kappa shape index (κ2) is 7.98. The Hall–Kier alpha value is -2.92. The lowest BCUT2D eigenvalue weighted by Crippen LogP contribution is -2.37. The van der Waals surface area contributed by atoms with Crippen LogP contribution in [0.3, 0.4) is 0 Å². The van der Waals surface area contributed by atoms with Crippen LogP contribution in [0.25, 0.3) is 10.8 Å². The van der Waals surface area contributed by atoms with Crippen LogP contribution in [0.15, 0.2) is 60.7 Å². The van der Waals surface area contributed by atoms with E-state index in [2.05, 4.69) is 46.6 Å². The summed E-state index contributed by atoms with van der Waals surface area (Å²) < 4.78 is 18.5. The van der Waals surface area contributed by atoms with E-state index in [1.807, 2.05) is 6.07 Å². The molecule has 1 fully saturated rings. The van der Waals surface area contributed by atoms with Gasteiger partial charge in [0, 0.05) is 31.2 Å². The van der Waals surface area contributed by atoms with Crippen molar-refractivity contribution in [3.63, 3.8) is 0 Å². The number of methoxy groups -OCH3 is 1. The molecule has 4 rings (SSSR count). The van der Waals surface area contributed by atoms with Crippen molar-refractivity contribution in [2.24, 2.45) is 0 Å². The molecule has 1 heterocycles. The van der Waals surface area contributed by atoms with Gasteiger partial charge in [0.1, 0.15) is 0 Å². The Bertz CT molecular complexity index is 1000. The summed E-state index contributed by atoms with van der Waals surface area (Å²) in [5, 5.41) is 5.54. The van der Waals surface area contributed by atoms with E-state index in [0.717, 1.165) is 26.1 Å². The van der Waals surface area contributed by atoms with Crippen LogP contribution < -0.4 is 10.1 Å². The predicted molar refractivity (Wildman–Crippen MR) is 108 cm³/mol. The molecule has 1 saturated heterocycles. The molecule has 1 aliphatic heterocycles. The fourth-order valence-electron chi connectivity index (χ4n) is 3.76. The Morgan fingerprint density at radius 2 is 1.96 bits per heavy atom. The van der Waals surface area contributed by atoms with Gasteiger partial charge in [-0.25, -0.2) is 4.39 Å². The summed E-state index contributed by atoms with van der Waals surface area (Å²) in [6.07, 6.45) is 0.900. The molecule has 1 N–H and O–H groups in total. The van der Waals surface area contributed by atoms with Crippen molar-refractivity contribution in [3.8, 4) is 5.75 Å². The minimum absolute atomic E-state index is 0.0806. The summed E-state index contributed by atoms with van der Waals surface area (Å²) in [6, 6.07) is 19.2. The predicted octanol–water partition coefficient (Wildman–Crippen LogP) is 3.99. The first-order chi connectivity index (χ1) is 13.6. The Morgan fingerprint density at radius 1 is 1.14 bits per heavy atom. The molecule has 1 amide bonds. The molecule has 0 radical (unpaired) electrons. The molecule has 0 aromatic heterocycles. The van der Waals surface area contributed by atoms with E-state index in [9.17, 15) is 9.18 Å². The molecule has 3 aromatic rings. The van der Waals surface area contributed by atoms with Crippen molar-refractivity contribution >= 4 is 16.7 Å². The van der Waals surface area contributed by atoms with Crippen molar-refractivity contribution in [2.45, 2.75) is 19.0 Å². The van der Waals surface area contributed by atoms with Crippen LogP contribution in [0.5, 0.6) is 5.75 Å². The lowest BCUT2D eigenvalue weighted by Gasteiger charge is -2.17. The fraction of sp³-hybridized carbons (Fsp3) is 0.261. The maximum absolute atomic E-state index is 13.5. The number of nitrogens with zero attached hydrogens (tertiary/aromatic N) is 1. The average Bonchev–Trinajstić information content (AvgIpc) is 3.14. The van der Waals surface area contributed by atoms with Gasteiger partial charge in [-0.1, -0.05) is 36.4 Å². The zero-order chi connectivity index (χ0) is 19.5. The summed E-state index contributed by atoms with van der Waals surface area (Å²) in [5.41, 5.74) is 1.68. The van der Waals surface area contributed by atoms with E-state index < -0.39 is 5.82 Å². The molecule has 0 saturated carbocycles. The van der Waals surface area contributed by atoms with E-state index >= 15 is 0 Å². The number of fused-ring (bicyclic) bond motifs is 1. The van der Waals surface area contributed by atoms with Gasteiger partial charge >= 0.3 is 0 Å². The maximum Gasteiger partial charge on any atom is 0.251 e. The number of benzene rings is 3. The smallest absolute Gasteiger partial charge is 0.251 e. The molecule has 3 aromatic carbocycles. The van der Waals surface area contributed by atoms with Crippen LogP contribution in [0.2, 0.25) is 0 Å². The molecule has 0 aliphatic carbocycles. The Balaban J connectivity index is 1.36. The first-order valence-electron chi connectivity index (χ1n) is 9.47. The molecule has 5 heteroatoms. The zero-order valence-electron chi connectivity index (χ0n) is 15.8. The summed E-state index contributed by atoms with van der Waals surface area (Å²) in [4.78, 5) is 14.8. The maximum atomic E-state index is 13.5. The number of rotatable bonds is 5. The van der Waals surface area contributed by atoms with E-state index in [1.54, 1.807) is 0 Å². The second-order valence-corrected chi connectivity index (χ2v) is 7.23. The van der Waals surface area contributed by atoms with Gasteiger partial charge < -0.3 is 10.1 Å². The van der Waals surface area contributed by atoms with Gasteiger partial charge in [-0.05, 0) is 47.0 Å². The van der Waals surface area contributed by atoms with Crippen LogP contribution >= 0.6 is 0 Å². The number of amides is 1. The fourth-order valence-corrected chi connectivity index (χ4v) is 3.76. The first-order valence-corrected chi connectivity index (χ1v) is 9.47. The standard InChI is InChI=1S/C23H23FN2O2/c1-28-22-13-19(8-9-21(22)24)23(27)25-20-10-11-26(15-20)14-16-6-7-17-4-2-3-5-18(17)12-16/h2-9,12-13,20H,10-11,14-15H2,1H3,(H,25,27)/t20-/m1/s1. The highest BCUT2D eigenvalue weighted by molar-refractivity contribution is 5.94. The first kappa shape index (κ1) is 18.4. The van der Waals surface area contributed by atoms with Gasteiger partial charge in [0.2, 0.25) is 0 Å². The monoisotopic (exact) mass is 378 g/mol. The SMILES string of the molecule is COc1cc(C(=O)N[C@@H]2CCN(Cc3ccc4ccccc4c3)C2)ccc1F. The minimum atomic E-state index is -0.471. The lowest BCUT2D eigenvalue weighted by molar-refractivity contribution is 0.0937. The molecule has 4 nitrogen and oxygen atoms in total. The minimum Gasteiger partial charge on any atom is -0.494 e. The van der Waals surface area contributed by atoms with E-state index in [4.69, 9.17) is 4.74 Å². The number of nitrogens with one attached hydrogen (secondary N) is 1. The van der Waals surface area contributed by atoms with Crippen molar-refractivity contribution in [3.05, 3.63) is 77.6 Å². The van der Waals surface area contributed by atoms with Gasteiger partial charge in [-0.3, -0.25) is 9.69 Å². The summed E-state index contributed by atoms with van der Waals surface area (Å²) in [7, 11) is 1.39. The van der Waals surface area contributed by atoms with Crippen molar-refractivity contribution < 1.29 is 13.9 Å². The Kier molecular flexibility index (Phi) is 5.26. The highest BCUT2D eigenvalue weighted by Gasteiger charge is 2.24. The molecule has 0 spiro atoms. The molecule has 28 heavy (non-hydrogen) atoms. The van der Waals surface area contributed by atoms with Crippen molar-refractivity contribution in [1.29, 1.82) is 0 Å². The summed E-state index contributed by atoms with van der Waals surface area (Å²) >= 11 is 0. The van der Waals surface area contributed by atoms with Gasteiger partial charge in [0.05, 0.1) is 7.11 Å². The van der Waals surface area contributed by atoms with Crippen LogP contribution in [0, 0.1) is 5.82 Å². The molecular formula is C23H23FN2O2. The molecule has 0 unspecified atom stereocenters. The number of hydrogen-bond acceptors (Lipinski definition) is 3. The molecule has 1 atom stereocenters.